The minimum atomic E-state index is -0.781. The van der Waals surface area contributed by atoms with E-state index in [-0.39, 0.29) is 18.4 Å². The maximum atomic E-state index is 11.7. The number of nitrogens with zero attached hydrogens (tertiary/aromatic N) is 1. The summed E-state index contributed by atoms with van der Waals surface area (Å²) in [6.07, 6.45) is 1.84. The van der Waals surface area contributed by atoms with E-state index in [1.165, 1.54) is 0 Å². The van der Waals surface area contributed by atoms with E-state index in [0.29, 0.717) is 18.9 Å². The maximum absolute atomic E-state index is 11.7. The highest BCUT2D eigenvalue weighted by Crippen LogP contribution is 2.14. The molecule has 0 bridgehead atoms. The first-order valence-electron chi connectivity index (χ1n) is 6.23. The third kappa shape index (κ3) is 5.06. The molecule has 1 aliphatic heterocycles. The van der Waals surface area contributed by atoms with Crippen molar-refractivity contribution >= 4 is 12.0 Å². The predicted molar refractivity (Wildman–Crippen MR) is 64.8 cm³/mol. The summed E-state index contributed by atoms with van der Waals surface area (Å²) in [4.78, 5) is 24.0. The quantitative estimate of drug-likeness (QED) is 0.768. The molecule has 0 aromatic heterocycles. The van der Waals surface area contributed by atoms with Gasteiger partial charge in [-0.1, -0.05) is 13.8 Å². The van der Waals surface area contributed by atoms with Gasteiger partial charge in [-0.3, -0.25) is 4.79 Å². The number of carboxylic acids is 1. The van der Waals surface area contributed by atoms with E-state index in [1.807, 2.05) is 11.8 Å². The van der Waals surface area contributed by atoms with Crippen LogP contribution in [0, 0.1) is 11.8 Å². The number of hydrogen-bond donors (Lipinski definition) is 2. The lowest BCUT2D eigenvalue weighted by molar-refractivity contribution is -0.137. The first-order valence-corrected chi connectivity index (χ1v) is 6.23. The number of carbonyl (C=O) groups excluding carboxylic acids is 1. The smallest absolute Gasteiger partial charge is 0.317 e. The van der Waals surface area contributed by atoms with E-state index >= 15 is 0 Å². The van der Waals surface area contributed by atoms with E-state index < -0.39 is 5.97 Å². The van der Waals surface area contributed by atoms with Gasteiger partial charge in [0.1, 0.15) is 0 Å². The van der Waals surface area contributed by atoms with Crippen molar-refractivity contribution in [2.45, 2.75) is 33.1 Å². The first kappa shape index (κ1) is 13.8. The number of rotatable bonds is 5. The van der Waals surface area contributed by atoms with E-state index in [0.717, 1.165) is 19.5 Å². The molecule has 1 saturated heterocycles. The molecule has 0 radical (unpaired) electrons. The number of likely N-dealkylation sites (tertiary alicyclic amines) is 1. The number of carbonyl (C=O) groups is 2. The third-order valence-electron chi connectivity index (χ3n) is 3.16. The number of amides is 2. The van der Waals surface area contributed by atoms with Gasteiger partial charge in [0, 0.05) is 26.1 Å². The van der Waals surface area contributed by atoms with Crippen LogP contribution >= 0.6 is 0 Å². The molecule has 1 fully saturated rings. The Bertz CT molecular complexity index is 281. The van der Waals surface area contributed by atoms with Crippen LogP contribution in [0.5, 0.6) is 0 Å². The fourth-order valence-corrected chi connectivity index (χ4v) is 1.96. The topological polar surface area (TPSA) is 69.6 Å². The predicted octanol–water partition coefficient (Wildman–Crippen LogP) is 1.54. The van der Waals surface area contributed by atoms with Crippen molar-refractivity contribution < 1.29 is 14.7 Å². The van der Waals surface area contributed by atoms with Crippen molar-refractivity contribution in [3.63, 3.8) is 0 Å². The summed E-state index contributed by atoms with van der Waals surface area (Å²) in [5.41, 5.74) is 0. The standard InChI is InChI=1S/C12H22N2O3/c1-9(3-4-11(15)16)7-13-12(17)14-6-5-10(2)8-14/h9-10H,3-8H2,1-2H3,(H,13,17)(H,15,16). The lowest BCUT2D eigenvalue weighted by Crippen LogP contribution is -2.40. The molecule has 5 heteroatoms. The van der Waals surface area contributed by atoms with Gasteiger partial charge in [0.15, 0.2) is 0 Å². The Kier molecular flexibility index (Phi) is 5.25. The van der Waals surface area contributed by atoms with Crippen LogP contribution in [-0.4, -0.2) is 41.6 Å². The van der Waals surface area contributed by atoms with Crippen molar-refractivity contribution in [2.75, 3.05) is 19.6 Å². The second-order valence-electron chi connectivity index (χ2n) is 5.06. The molecule has 0 saturated carbocycles. The first-order chi connectivity index (χ1) is 7.99. The monoisotopic (exact) mass is 242 g/mol. The van der Waals surface area contributed by atoms with Crippen LogP contribution in [0.25, 0.3) is 0 Å². The van der Waals surface area contributed by atoms with Crippen molar-refractivity contribution in [1.29, 1.82) is 0 Å². The lowest BCUT2D eigenvalue weighted by Gasteiger charge is -2.18. The second-order valence-corrected chi connectivity index (χ2v) is 5.06. The summed E-state index contributed by atoms with van der Waals surface area (Å²) in [6.45, 7) is 6.31. The number of carboxylic acid groups (broad SMARTS) is 1. The Hall–Kier alpha value is -1.26. The Morgan fingerprint density at radius 2 is 2.24 bits per heavy atom. The van der Waals surface area contributed by atoms with Gasteiger partial charge in [-0.25, -0.2) is 4.79 Å². The van der Waals surface area contributed by atoms with Gasteiger partial charge in [-0.15, -0.1) is 0 Å². The van der Waals surface area contributed by atoms with Crippen LogP contribution in [0.2, 0.25) is 0 Å². The summed E-state index contributed by atoms with van der Waals surface area (Å²) < 4.78 is 0. The lowest BCUT2D eigenvalue weighted by atomic mass is 10.1. The summed E-state index contributed by atoms with van der Waals surface area (Å²) in [5, 5.41) is 11.4. The highest BCUT2D eigenvalue weighted by molar-refractivity contribution is 5.74. The van der Waals surface area contributed by atoms with Crippen molar-refractivity contribution in [3.05, 3.63) is 0 Å². The molecule has 5 nitrogen and oxygen atoms in total. The summed E-state index contributed by atoms with van der Waals surface area (Å²) in [7, 11) is 0. The molecule has 0 aromatic carbocycles. The molecule has 0 spiro atoms. The van der Waals surface area contributed by atoms with Gasteiger partial charge in [0.25, 0.3) is 0 Å². The van der Waals surface area contributed by atoms with Gasteiger partial charge < -0.3 is 15.3 Å². The average Bonchev–Trinajstić information content (AvgIpc) is 2.70. The SMILES string of the molecule is CC(CCC(=O)O)CNC(=O)N1CCC(C)C1. The zero-order valence-electron chi connectivity index (χ0n) is 10.6. The van der Waals surface area contributed by atoms with Gasteiger partial charge in [-0.05, 0) is 24.7 Å². The van der Waals surface area contributed by atoms with E-state index in [9.17, 15) is 9.59 Å². The summed E-state index contributed by atoms with van der Waals surface area (Å²) in [6, 6.07) is -0.0171. The minimum Gasteiger partial charge on any atom is -0.481 e. The van der Waals surface area contributed by atoms with Crippen LogP contribution < -0.4 is 5.32 Å². The van der Waals surface area contributed by atoms with Crippen molar-refractivity contribution in [3.8, 4) is 0 Å². The molecular weight excluding hydrogens is 220 g/mol. The average molecular weight is 242 g/mol. The van der Waals surface area contributed by atoms with Crippen molar-refractivity contribution in [2.24, 2.45) is 11.8 Å². The van der Waals surface area contributed by atoms with Crippen molar-refractivity contribution in [1.82, 2.24) is 10.2 Å². The van der Waals surface area contributed by atoms with E-state index in [4.69, 9.17) is 5.11 Å². The van der Waals surface area contributed by atoms with Crippen LogP contribution in [0.15, 0.2) is 0 Å². The molecule has 98 valence electrons. The van der Waals surface area contributed by atoms with E-state index in [2.05, 4.69) is 12.2 Å². The zero-order valence-corrected chi connectivity index (χ0v) is 10.6. The van der Waals surface area contributed by atoms with Crippen LogP contribution in [0.1, 0.15) is 33.1 Å². The van der Waals surface area contributed by atoms with Crippen LogP contribution in [-0.2, 0) is 4.79 Å². The third-order valence-corrected chi connectivity index (χ3v) is 3.16. The summed E-state index contributed by atoms with van der Waals surface area (Å²) >= 11 is 0. The van der Waals surface area contributed by atoms with Gasteiger partial charge in [0.05, 0.1) is 0 Å². The Balaban J connectivity index is 2.17. The fraction of sp³-hybridized carbons (Fsp3) is 0.833. The van der Waals surface area contributed by atoms with Crippen LogP contribution in [0.4, 0.5) is 4.79 Å². The molecule has 17 heavy (non-hydrogen) atoms. The Labute approximate surface area is 102 Å². The Morgan fingerprint density at radius 1 is 1.53 bits per heavy atom. The molecular formula is C12H22N2O3. The van der Waals surface area contributed by atoms with Crippen LogP contribution in [0.3, 0.4) is 0 Å². The molecule has 0 aromatic rings. The van der Waals surface area contributed by atoms with Gasteiger partial charge in [0.2, 0.25) is 0 Å². The molecule has 0 aliphatic carbocycles. The summed E-state index contributed by atoms with van der Waals surface area (Å²) in [5.74, 6) is 0.0109. The molecule has 2 amide bonds. The maximum Gasteiger partial charge on any atom is 0.317 e. The highest BCUT2D eigenvalue weighted by Gasteiger charge is 2.23. The Morgan fingerprint density at radius 3 is 2.76 bits per heavy atom. The highest BCUT2D eigenvalue weighted by atomic mass is 16.4. The minimum absolute atomic E-state index is 0.0171. The molecule has 1 rings (SSSR count). The molecule has 2 unspecified atom stereocenters. The second kappa shape index (κ2) is 6.47. The largest absolute Gasteiger partial charge is 0.481 e. The van der Waals surface area contributed by atoms with E-state index in [1.54, 1.807) is 0 Å². The fourth-order valence-electron chi connectivity index (χ4n) is 1.96. The molecule has 2 atom stereocenters. The molecule has 1 aliphatic rings. The number of urea groups is 1. The van der Waals surface area contributed by atoms with Gasteiger partial charge >= 0.3 is 12.0 Å². The normalized spacial score (nSPS) is 21.3. The molecule has 2 N–H and O–H groups in total. The number of hydrogen-bond acceptors (Lipinski definition) is 2. The van der Waals surface area contributed by atoms with Gasteiger partial charge in [-0.2, -0.15) is 0 Å². The zero-order chi connectivity index (χ0) is 12.8. The number of aliphatic carboxylic acids is 1. The number of nitrogens with one attached hydrogen (secondary N) is 1. The molecule has 1 heterocycles.